The number of amides is 2. The van der Waals surface area contributed by atoms with E-state index in [9.17, 15) is 9.59 Å². The van der Waals surface area contributed by atoms with Crippen molar-refractivity contribution in [2.75, 3.05) is 32.7 Å². The highest BCUT2D eigenvalue weighted by atomic mass is 16.4. The van der Waals surface area contributed by atoms with Gasteiger partial charge in [0.25, 0.3) is 0 Å². The Morgan fingerprint density at radius 3 is 2.50 bits per heavy atom. The standard InChI is InChI=1S/C14H27N3O3/c1-3-17(12(2)11-13(18)19)14(20)15-7-10-16-8-5-4-6-9-16/h12H,3-11H2,1-2H3,(H,15,20)(H,18,19). The highest BCUT2D eigenvalue weighted by Gasteiger charge is 2.20. The first-order valence-corrected chi connectivity index (χ1v) is 7.53. The van der Waals surface area contributed by atoms with Crippen LogP contribution in [0.15, 0.2) is 0 Å². The van der Waals surface area contributed by atoms with E-state index in [0.29, 0.717) is 13.1 Å². The minimum atomic E-state index is -0.878. The third-order valence-electron chi connectivity index (χ3n) is 3.76. The predicted octanol–water partition coefficient (Wildman–Crippen LogP) is 1.37. The summed E-state index contributed by atoms with van der Waals surface area (Å²) in [5.74, 6) is -0.878. The number of likely N-dealkylation sites (tertiary alicyclic amines) is 1. The van der Waals surface area contributed by atoms with Crippen LogP contribution in [0.25, 0.3) is 0 Å². The van der Waals surface area contributed by atoms with Gasteiger partial charge in [0.15, 0.2) is 0 Å². The van der Waals surface area contributed by atoms with Crippen molar-refractivity contribution in [1.29, 1.82) is 0 Å². The number of nitrogens with zero attached hydrogens (tertiary/aromatic N) is 2. The maximum Gasteiger partial charge on any atom is 0.317 e. The summed E-state index contributed by atoms with van der Waals surface area (Å²) in [5.41, 5.74) is 0. The van der Waals surface area contributed by atoms with Crippen molar-refractivity contribution in [3.63, 3.8) is 0 Å². The summed E-state index contributed by atoms with van der Waals surface area (Å²) in [6.45, 7) is 7.87. The Bertz CT molecular complexity index is 317. The lowest BCUT2D eigenvalue weighted by Gasteiger charge is -2.29. The molecule has 0 aromatic carbocycles. The fraction of sp³-hybridized carbons (Fsp3) is 0.857. The smallest absolute Gasteiger partial charge is 0.317 e. The fourth-order valence-corrected chi connectivity index (χ4v) is 2.62. The summed E-state index contributed by atoms with van der Waals surface area (Å²) >= 11 is 0. The predicted molar refractivity (Wildman–Crippen MR) is 77.8 cm³/mol. The van der Waals surface area contributed by atoms with Gasteiger partial charge >= 0.3 is 12.0 Å². The highest BCUT2D eigenvalue weighted by molar-refractivity contribution is 5.75. The summed E-state index contributed by atoms with van der Waals surface area (Å²) in [6, 6.07) is -0.453. The van der Waals surface area contributed by atoms with Crippen molar-refractivity contribution in [1.82, 2.24) is 15.1 Å². The summed E-state index contributed by atoms with van der Waals surface area (Å²) in [7, 11) is 0. The molecule has 2 amide bonds. The number of carbonyl (C=O) groups excluding carboxylic acids is 1. The Labute approximate surface area is 121 Å². The molecule has 0 saturated carbocycles. The van der Waals surface area contributed by atoms with E-state index in [1.54, 1.807) is 11.8 Å². The molecule has 2 N–H and O–H groups in total. The third-order valence-corrected chi connectivity index (χ3v) is 3.76. The molecule has 0 bridgehead atoms. The van der Waals surface area contributed by atoms with E-state index >= 15 is 0 Å². The van der Waals surface area contributed by atoms with Crippen molar-refractivity contribution in [2.24, 2.45) is 0 Å². The lowest BCUT2D eigenvalue weighted by Crippen LogP contribution is -2.47. The van der Waals surface area contributed by atoms with Crippen LogP contribution in [0.4, 0.5) is 4.79 Å². The van der Waals surface area contributed by atoms with Gasteiger partial charge in [-0.3, -0.25) is 4.79 Å². The quantitative estimate of drug-likeness (QED) is 0.741. The van der Waals surface area contributed by atoms with E-state index in [1.165, 1.54) is 19.3 Å². The van der Waals surface area contributed by atoms with Crippen molar-refractivity contribution >= 4 is 12.0 Å². The molecule has 1 fully saturated rings. The second-order valence-electron chi connectivity index (χ2n) is 5.37. The Morgan fingerprint density at radius 2 is 1.95 bits per heavy atom. The van der Waals surface area contributed by atoms with Gasteiger partial charge < -0.3 is 20.2 Å². The van der Waals surface area contributed by atoms with Crippen LogP contribution in [-0.2, 0) is 4.79 Å². The van der Waals surface area contributed by atoms with Gasteiger partial charge in [-0.2, -0.15) is 0 Å². The van der Waals surface area contributed by atoms with Crippen LogP contribution in [0.1, 0.15) is 39.5 Å². The maximum absolute atomic E-state index is 12.0. The van der Waals surface area contributed by atoms with Crippen molar-refractivity contribution < 1.29 is 14.7 Å². The van der Waals surface area contributed by atoms with Crippen LogP contribution in [0.5, 0.6) is 0 Å². The molecular weight excluding hydrogens is 258 g/mol. The monoisotopic (exact) mass is 285 g/mol. The SMILES string of the molecule is CCN(C(=O)NCCN1CCCCC1)C(C)CC(=O)O. The molecular formula is C14H27N3O3. The lowest BCUT2D eigenvalue weighted by molar-refractivity contribution is -0.138. The number of urea groups is 1. The van der Waals surface area contributed by atoms with Gasteiger partial charge in [-0.05, 0) is 39.8 Å². The average Bonchev–Trinajstić information content (AvgIpc) is 2.40. The Morgan fingerprint density at radius 1 is 1.30 bits per heavy atom. The molecule has 20 heavy (non-hydrogen) atoms. The minimum Gasteiger partial charge on any atom is -0.481 e. The van der Waals surface area contributed by atoms with Gasteiger partial charge in [0, 0.05) is 25.7 Å². The summed E-state index contributed by atoms with van der Waals surface area (Å²) in [6.07, 6.45) is 3.77. The largest absolute Gasteiger partial charge is 0.481 e. The van der Waals surface area contributed by atoms with Crippen LogP contribution in [-0.4, -0.2) is 65.7 Å². The van der Waals surface area contributed by atoms with Crippen LogP contribution < -0.4 is 5.32 Å². The second kappa shape index (κ2) is 8.79. The summed E-state index contributed by atoms with van der Waals surface area (Å²) < 4.78 is 0. The number of carbonyl (C=O) groups is 2. The van der Waals surface area contributed by atoms with E-state index in [2.05, 4.69) is 10.2 Å². The first-order valence-electron chi connectivity index (χ1n) is 7.53. The molecule has 1 aliphatic heterocycles. The van der Waals surface area contributed by atoms with Gasteiger partial charge in [-0.25, -0.2) is 4.79 Å². The fourth-order valence-electron chi connectivity index (χ4n) is 2.62. The second-order valence-corrected chi connectivity index (χ2v) is 5.37. The number of rotatable bonds is 7. The van der Waals surface area contributed by atoms with Gasteiger partial charge in [0.1, 0.15) is 0 Å². The van der Waals surface area contributed by atoms with Gasteiger partial charge in [0.2, 0.25) is 0 Å². The molecule has 1 rings (SSSR count). The number of piperidine rings is 1. The van der Waals surface area contributed by atoms with Crippen LogP contribution in [0, 0.1) is 0 Å². The van der Waals surface area contributed by atoms with E-state index in [4.69, 9.17) is 5.11 Å². The molecule has 0 aliphatic carbocycles. The third kappa shape index (κ3) is 5.77. The molecule has 1 saturated heterocycles. The molecule has 6 heteroatoms. The van der Waals surface area contributed by atoms with Crippen LogP contribution in [0.3, 0.4) is 0 Å². The zero-order chi connectivity index (χ0) is 15.0. The zero-order valence-electron chi connectivity index (χ0n) is 12.6. The van der Waals surface area contributed by atoms with Crippen molar-refractivity contribution in [2.45, 2.75) is 45.6 Å². The minimum absolute atomic E-state index is 0.0205. The summed E-state index contributed by atoms with van der Waals surface area (Å²) in [5, 5.41) is 11.7. The molecule has 0 aromatic heterocycles. The number of hydrogen-bond acceptors (Lipinski definition) is 3. The molecule has 1 atom stereocenters. The normalized spacial score (nSPS) is 17.5. The Kier molecular flexibility index (Phi) is 7.36. The van der Waals surface area contributed by atoms with Gasteiger partial charge in [-0.15, -0.1) is 0 Å². The van der Waals surface area contributed by atoms with Crippen molar-refractivity contribution in [3.05, 3.63) is 0 Å². The van der Waals surface area contributed by atoms with Crippen LogP contribution in [0.2, 0.25) is 0 Å². The topological polar surface area (TPSA) is 72.9 Å². The highest BCUT2D eigenvalue weighted by Crippen LogP contribution is 2.07. The lowest BCUT2D eigenvalue weighted by atomic mass is 10.1. The maximum atomic E-state index is 12.0. The van der Waals surface area contributed by atoms with E-state index in [-0.39, 0.29) is 18.5 Å². The van der Waals surface area contributed by atoms with Gasteiger partial charge in [-0.1, -0.05) is 6.42 Å². The first-order chi connectivity index (χ1) is 9.54. The number of nitrogens with one attached hydrogen (secondary N) is 1. The van der Waals surface area contributed by atoms with E-state index < -0.39 is 5.97 Å². The molecule has 0 spiro atoms. The van der Waals surface area contributed by atoms with E-state index in [1.807, 2.05) is 6.92 Å². The van der Waals surface area contributed by atoms with E-state index in [0.717, 1.165) is 19.6 Å². The first kappa shape index (κ1) is 16.8. The average molecular weight is 285 g/mol. The number of carboxylic acid groups (broad SMARTS) is 1. The molecule has 1 heterocycles. The molecule has 6 nitrogen and oxygen atoms in total. The van der Waals surface area contributed by atoms with Gasteiger partial charge in [0.05, 0.1) is 6.42 Å². The zero-order valence-corrected chi connectivity index (χ0v) is 12.6. The number of carboxylic acids is 1. The molecule has 1 aliphatic rings. The Hall–Kier alpha value is -1.30. The number of aliphatic carboxylic acids is 1. The number of hydrogen-bond donors (Lipinski definition) is 2. The molecule has 1 unspecified atom stereocenters. The molecule has 0 radical (unpaired) electrons. The Balaban J connectivity index is 2.29. The molecule has 116 valence electrons. The van der Waals surface area contributed by atoms with Crippen molar-refractivity contribution in [3.8, 4) is 0 Å². The van der Waals surface area contributed by atoms with Crippen LogP contribution >= 0.6 is 0 Å². The summed E-state index contributed by atoms with van der Waals surface area (Å²) in [4.78, 5) is 26.7. The molecule has 0 aromatic rings.